The molecule has 0 aliphatic heterocycles. The van der Waals surface area contributed by atoms with Crippen LogP contribution < -0.4 is 0 Å². The van der Waals surface area contributed by atoms with E-state index in [4.69, 9.17) is 14.2 Å². The van der Waals surface area contributed by atoms with E-state index >= 15 is 0 Å². The van der Waals surface area contributed by atoms with Crippen LogP contribution in [0, 0.1) is 0 Å². The number of rotatable bonds is 46. The monoisotopic (exact) mass is 901 g/mol. The third kappa shape index (κ3) is 50.9. The van der Waals surface area contributed by atoms with Crippen LogP contribution in [0.5, 0.6) is 0 Å². The Kier molecular flexibility index (Phi) is 49.5. The summed E-state index contributed by atoms with van der Waals surface area (Å²) < 4.78 is 16.7. The predicted molar refractivity (Wildman–Crippen MR) is 279 cm³/mol. The lowest BCUT2D eigenvalue weighted by Gasteiger charge is -2.18. The maximum atomic E-state index is 12.7. The molecule has 0 saturated carbocycles. The molecule has 0 radical (unpaired) electrons. The summed E-state index contributed by atoms with van der Waals surface area (Å²) in [5.74, 6) is -0.958. The molecule has 0 aromatic heterocycles. The summed E-state index contributed by atoms with van der Waals surface area (Å²) in [6.45, 7) is 6.31. The molecule has 0 aromatic rings. The summed E-state index contributed by atoms with van der Waals surface area (Å²) >= 11 is 0. The van der Waals surface area contributed by atoms with Crippen molar-refractivity contribution in [2.45, 2.75) is 232 Å². The Morgan fingerprint density at radius 1 is 0.323 bits per heavy atom. The minimum Gasteiger partial charge on any atom is -0.462 e. The van der Waals surface area contributed by atoms with Gasteiger partial charge in [0, 0.05) is 19.3 Å². The molecule has 0 rings (SSSR count). The lowest BCUT2D eigenvalue weighted by molar-refractivity contribution is -0.167. The Labute approximate surface area is 400 Å². The number of esters is 3. The molecule has 6 nitrogen and oxygen atoms in total. The average molecular weight is 901 g/mol. The van der Waals surface area contributed by atoms with Gasteiger partial charge in [0.15, 0.2) is 6.10 Å². The molecule has 6 heteroatoms. The molecule has 0 bridgehead atoms. The zero-order chi connectivity index (χ0) is 47.2. The second-order valence-electron chi connectivity index (χ2n) is 17.0. The molecule has 0 fully saturated rings. The summed E-state index contributed by atoms with van der Waals surface area (Å²) in [6, 6.07) is 0. The quantitative estimate of drug-likeness (QED) is 0.0262. The number of hydrogen-bond donors (Lipinski definition) is 0. The SMILES string of the molecule is CC/C=C\C/C=C\C/C=C\C/C=C\C/C=C\CCCCCCCCCCCC(=O)OCC(COC(=O)CCCCCCCCC)OC(=O)CCCC/C=C\C/C=C\C/C=C\C/C=C\CC. The van der Waals surface area contributed by atoms with Crippen LogP contribution in [0.25, 0.3) is 0 Å². The third-order valence-electron chi connectivity index (χ3n) is 10.8. The molecule has 0 heterocycles. The van der Waals surface area contributed by atoms with E-state index in [2.05, 4.69) is 130 Å². The van der Waals surface area contributed by atoms with Gasteiger partial charge < -0.3 is 14.2 Å². The van der Waals surface area contributed by atoms with E-state index in [9.17, 15) is 14.4 Å². The number of carbonyl (C=O) groups is 3. The van der Waals surface area contributed by atoms with Crippen molar-refractivity contribution in [3.05, 3.63) is 109 Å². The van der Waals surface area contributed by atoms with E-state index in [1.165, 1.54) is 64.2 Å². The lowest BCUT2D eigenvalue weighted by Crippen LogP contribution is -2.30. The Balaban J connectivity index is 4.26. The highest BCUT2D eigenvalue weighted by atomic mass is 16.6. The number of carbonyl (C=O) groups excluding carboxylic acids is 3. The Hall–Kier alpha value is -3.93. The van der Waals surface area contributed by atoms with Gasteiger partial charge in [-0.15, -0.1) is 0 Å². The van der Waals surface area contributed by atoms with Crippen molar-refractivity contribution in [1.82, 2.24) is 0 Å². The van der Waals surface area contributed by atoms with Gasteiger partial charge in [-0.25, -0.2) is 0 Å². The molecule has 1 atom stereocenters. The van der Waals surface area contributed by atoms with Crippen LogP contribution in [-0.2, 0) is 28.6 Å². The smallest absolute Gasteiger partial charge is 0.306 e. The molecule has 0 aliphatic carbocycles. The van der Waals surface area contributed by atoms with Crippen molar-refractivity contribution >= 4 is 17.9 Å². The molecule has 0 saturated heterocycles. The van der Waals surface area contributed by atoms with Gasteiger partial charge in [0.1, 0.15) is 13.2 Å². The molecular weight excluding hydrogens is 805 g/mol. The van der Waals surface area contributed by atoms with Crippen molar-refractivity contribution in [2.24, 2.45) is 0 Å². The first-order valence-corrected chi connectivity index (χ1v) is 26.4. The number of hydrogen-bond acceptors (Lipinski definition) is 6. The summed E-state index contributed by atoms with van der Waals surface area (Å²) in [6.07, 6.45) is 71.0. The Morgan fingerprint density at radius 3 is 0.969 bits per heavy atom. The number of unbranched alkanes of at least 4 members (excludes halogenated alkanes) is 17. The van der Waals surface area contributed by atoms with Gasteiger partial charge in [-0.2, -0.15) is 0 Å². The molecule has 1 unspecified atom stereocenters. The summed E-state index contributed by atoms with van der Waals surface area (Å²) in [5.41, 5.74) is 0. The molecule has 65 heavy (non-hydrogen) atoms. The van der Waals surface area contributed by atoms with E-state index in [1.807, 2.05) is 0 Å². The Morgan fingerprint density at radius 2 is 0.600 bits per heavy atom. The van der Waals surface area contributed by atoms with E-state index in [0.29, 0.717) is 19.3 Å². The maximum absolute atomic E-state index is 12.7. The second-order valence-corrected chi connectivity index (χ2v) is 17.0. The zero-order valence-electron chi connectivity index (χ0n) is 42.0. The lowest BCUT2D eigenvalue weighted by atomic mass is 10.1. The van der Waals surface area contributed by atoms with Gasteiger partial charge in [0.05, 0.1) is 0 Å². The van der Waals surface area contributed by atoms with Crippen LogP contribution in [0.4, 0.5) is 0 Å². The zero-order valence-corrected chi connectivity index (χ0v) is 42.0. The first-order chi connectivity index (χ1) is 32.0. The first kappa shape index (κ1) is 61.1. The molecule has 0 spiro atoms. The molecule has 0 N–H and O–H groups in total. The molecule has 0 aromatic carbocycles. The number of ether oxygens (including phenoxy) is 3. The van der Waals surface area contributed by atoms with Crippen LogP contribution in [0.1, 0.15) is 226 Å². The van der Waals surface area contributed by atoms with Gasteiger partial charge in [-0.1, -0.05) is 214 Å². The maximum Gasteiger partial charge on any atom is 0.306 e. The van der Waals surface area contributed by atoms with Gasteiger partial charge in [0.25, 0.3) is 0 Å². The van der Waals surface area contributed by atoms with Crippen LogP contribution in [-0.4, -0.2) is 37.2 Å². The van der Waals surface area contributed by atoms with Crippen LogP contribution in [0.3, 0.4) is 0 Å². The Bertz CT molecular complexity index is 1360. The highest BCUT2D eigenvalue weighted by Gasteiger charge is 2.19. The summed E-state index contributed by atoms with van der Waals surface area (Å²) in [4.78, 5) is 37.8. The topological polar surface area (TPSA) is 78.9 Å². The minimum absolute atomic E-state index is 0.0975. The number of allylic oxidation sites excluding steroid dienone is 18. The van der Waals surface area contributed by atoms with Crippen molar-refractivity contribution in [3.63, 3.8) is 0 Å². The largest absolute Gasteiger partial charge is 0.462 e. The standard InChI is InChI=1S/C59H96O6/c1-4-7-10-13-16-18-20-22-24-25-26-27-28-29-30-31-32-33-35-36-38-40-43-46-49-52-58(61)64-55-56(54-63-57(60)51-48-45-42-15-12-9-6-3)65-59(62)53-50-47-44-41-39-37-34-23-21-19-17-14-11-8-5-2/h7-8,10-11,16-19,22-24,26-27,29-30,34,39,41,56H,4-6,9,12-15,20-21,25,28,31-33,35-38,40,42-55H2,1-3H3/b10-7-,11-8-,18-16-,19-17-,24-22-,27-26-,30-29-,34-23-,41-39-. The van der Waals surface area contributed by atoms with E-state index in [-0.39, 0.29) is 37.5 Å². The minimum atomic E-state index is -0.800. The summed E-state index contributed by atoms with van der Waals surface area (Å²) in [5, 5.41) is 0. The van der Waals surface area contributed by atoms with Crippen molar-refractivity contribution in [1.29, 1.82) is 0 Å². The van der Waals surface area contributed by atoms with Crippen LogP contribution >= 0.6 is 0 Å². The van der Waals surface area contributed by atoms with Crippen LogP contribution in [0.2, 0.25) is 0 Å². The highest BCUT2D eigenvalue weighted by Crippen LogP contribution is 2.14. The summed E-state index contributed by atoms with van der Waals surface area (Å²) in [7, 11) is 0. The van der Waals surface area contributed by atoms with E-state index in [0.717, 1.165) is 116 Å². The molecular formula is C59H96O6. The fraction of sp³-hybridized carbons (Fsp3) is 0.644. The van der Waals surface area contributed by atoms with E-state index in [1.54, 1.807) is 0 Å². The van der Waals surface area contributed by atoms with Crippen molar-refractivity contribution < 1.29 is 28.6 Å². The normalized spacial score (nSPS) is 13.0. The van der Waals surface area contributed by atoms with Crippen molar-refractivity contribution in [2.75, 3.05) is 13.2 Å². The average Bonchev–Trinajstić information content (AvgIpc) is 3.30. The fourth-order valence-electron chi connectivity index (χ4n) is 6.87. The van der Waals surface area contributed by atoms with Gasteiger partial charge in [-0.3, -0.25) is 14.4 Å². The van der Waals surface area contributed by atoms with Gasteiger partial charge in [0.2, 0.25) is 0 Å². The van der Waals surface area contributed by atoms with Gasteiger partial charge in [-0.05, 0) is 103 Å². The third-order valence-corrected chi connectivity index (χ3v) is 10.8. The van der Waals surface area contributed by atoms with E-state index < -0.39 is 6.10 Å². The second kappa shape index (κ2) is 52.7. The van der Waals surface area contributed by atoms with Crippen LogP contribution in [0.15, 0.2) is 109 Å². The molecule has 368 valence electrons. The highest BCUT2D eigenvalue weighted by molar-refractivity contribution is 5.71. The molecule has 0 aliphatic rings. The first-order valence-electron chi connectivity index (χ1n) is 26.4. The van der Waals surface area contributed by atoms with Crippen molar-refractivity contribution in [3.8, 4) is 0 Å². The molecule has 0 amide bonds. The predicted octanol–water partition coefficient (Wildman–Crippen LogP) is 17.5. The fourth-order valence-corrected chi connectivity index (χ4v) is 6.87. The van der Waals surface area contributed by atoms with Gasteiger partial charge >= 0.3 is 17.9 Å².